The molecule has 0 unspecified atom stereocenters. The van der Waals surface area contributed by atoms with Gasteiger partial charge in [0.25, 0.3) is 0 Å². The lowest BCUT2D eigenvalue weighted by Crippen LogP contribution is -1.97. The van der Waals surface area contributed by atoms with E-state index in [0.717, 1.165) is 38.6 Å². The van der Waals surface area contributed by atoms with Gasteiger partial charge in [-0.05, 0) is 33.3 Å². The molecule has 0 bridgehead atoms. The van der Waals surface area contributed by atoms with Gasteiger partial charge in [0, 0.05) is 16.0 Å². The lowest BCUT2D eigenvalue weighted by Gasteiger charge is -2.09. The molecule has 0 N–H and O–H groups in total. The molecule has 2 aromatic heterocycles. The summed E-state index contributed by atoms with van der Waals surface area (Å²) in [5, 5.41) is 0. The van der Waals surface area contributed by atoms with Crippen LogP contribution in [0, 0.1) is 27.7 Å². The number of aldehydes is 1. The average molecular weight is 360 g/mol. The van der Waals surface area contributed by atoms with Gasteiger partial charge in [-0.3, -0.25) is 9.20 Å². The quantitative estimate of drug-likeness (QED) is 0.434. The zero-order valence-corrected chi connectivity index (χ0v) is 16.1. The van der Waals surface area contributed by atoms with Crippen molar-refractivity contribution in [2.75, 3.05) is 0 Å². The number of carbonyl (C=O) groups excluding carboxylic acids is 1. The first-order valence-corrected chi connectivity index (χ1v) is 9.43. The van der Waals surface area contributed by atoms with Gasteiger partial charge >= 0.3 is 0 Å². The van der Waals surface area contributed by atoms with E-state index < -0.39 is 0 Å². The molecule has 0 saturated heterocycles. The van der Waals surface area contributed by atoms with Gasteiger partial charge in [0.1, 0.15) is 11.4 Å². The third-order valence-electron chi connectivity index (χ3n) is 4.76. The first-order chi connectivity index (χ1) is 12.5. The van der Waals surface area contributed by atoms with E-state index in [2.05, 4.69) is 45.9 Å². The summed E-state index contributed by atoms with van der Waals surface area (Å²) in [6.07, 6.45) is 0.925. The van der Waals surface area contributed by atoms with Crippen LogP contribution in [0.25, 0.3) is 27.5 Å². The van der Waals surface area contributed by atoms with E-state index in [1.54, 1.807) is 11.3 Å². The molecule has 0 radical (unpaired) electrons. The van der Waals surface area contributed by atoms with Crippen LogP contribution in [0.4, 0.5) is 0 Å². The third kappa shape index (κ3) is 2.58. The summed E-state index contributed by atoms with van der Waals surface area (Å²) in [6, 6.07) is 14.6. The molecule has 0 aliphatic carbocycles. The van der Waals surface area contributed by atoms with E-state index in [-0.39, 0.29) is 0 Å². The Morgan fingerprint density at radius 3 is 2.31 bits per heavy atom. The summed E-state index contributed by atoms with van der Waals surface area (Å²) < 4.78 is 2.01. The highest BCUT2D eigenvalue weighted by atomic mass is 32.1. The zero-order valence-electron chi connectivity index (χ0n) is 15.3. The number of imidazole rings is 1. The number of hydrogen-bond acceptors (Lipinski definition) is 3. The predicted octanol–water partition coefficient (Wildman–Crippen LogP) is 5.78. The predicted molar refractivity (Wildman–Crippen MR) is 108 cm³/mol. The minimum absolute atomic E-state index is 0.614. The normalized spacial score (nSPS) is 11.2. The fourth-order valence-corrected chi connectivity index (χ4v) is 4.45. The molecule has 130 valence electrons. The van der Waals surface area contributed by atoms with Crippen molar-refractivity contribution in [1.29, 1.82) is 0 Å². The number of aryl methyl sites for hydroxylation is 4. The van der Waals surface area contributed by atoms with Gasteiger partial charge in [-0.2, -0.15) is 0 Å². The van der Waals surface area contributed by atoms with Crippen LogP contribution >= 0.6 is 11.3 Å². The van der Waals surface area contributed by atoms with E-state index in [1.807, 2.05) is 28.7 Å². The monoisotopic (exact) mass is 360 g/mol. The van der Waals surface area contributed by atoms with Crippen molar-refractivity contribution in [2.24, 2.45) is 0 Å². The van der Waals surface area contributed by atoms with Crippen LogP contribution in [0.15, 0.2) is 42.5 Å². The van der Waals surface area contributed by atoms with E-state index in [0.29, 0.717) is 5.69 Å². The number of hydrogen-bond donors (Lipinski definition) is 0. The zero-order chi connectivity index (χ0) is 18.4. The number of nitrogens with zero attached hydrogens (tertiary/aromatic N) is 2. The molecule has 0 amide bonds. The van der Waals surface area contributed by atoms with Crippen LogP contribution in [0.3, 0.4) is 0 Å². The Bertz CT molecular complexity index is 1130. The number of fused-ring (bicyclic) bond motifs is 1. The molecule has 0 aliphatic rings. The molecule has 26 heavy (non-hydrogen) atoms. The van der Waals surface area contributed by atoms with Crippen molar-refractivity contribution in [1.82, 2.24) is 9.38 Å². The maximum Gasteiger partial charge on any atom is 0.195 e. The highest BCUT2D eigenvalue weighted by molar-refractivity contribution is 7.17. The van der Waals surface area contributed by atoms with Crippen LogP contribution in [0.1, 0.15) is 32.1 Å². The average Bonchev–Trinajstić information content (AvgIpc) is 3.10. The summed E-state index contributed by atoms with van der Waals surface area (Å²) in [7, 11) is 0. The number of rotatable bonds is 3. The SMILES string of the molecule is Cc1ccc(-c2nc3sc(C)c(-c4ccc(C)cc4C)n3c2C=O)cc1. The fourth-order valence-electron chi connectivity index (χ4n) is 3.46. The molecule has 3 nitrogen and oxygen atoms in total. The van der Waals surface area contributed by atoms with Crippen molar-refractivity contribution >= 4 is 22.6 Å². The summed E-state index contributed by atoms with van der Waals surface area (Å²) >= 11 is 1.63. The van der Waals surface area contributed by atoms with Crippen molar-refractivity contribution in [3.8, 4) is 22.5 Å². The van der Waals surface area contributed by atoms with Crippen molar-refractivity contribution < 1.29 is 4.79 Å². The Hall–Kier alpha value is -2.72. The van der Waals surface area contributed by atoms with Crippen molar-refractivity contribution in [3.05, 3.63) is 69.7 Å². The highest BCUT2D eigenvalue weighted by Crippen LogP contribution is 2.37. The molecule has 2 heterocycles. The maximum absolute atomic E-state index is 12.0. The van der Waals surface area contributed by atoms with Gasteiger partial charge < -0.3 is 0 Å². The Morgan fingerprint density at radius 2 is 1.65 bits per heavy atom. The topological polar surface area (TPSA) is 34.4 Å². The molecule has 4 aromatic rings. The Morgan fingerprint density at radius 1 is 0.962 bits per heavy atom. The molecule has 0 saturated carbocycles. The third-order valence-corrected chi connectivity index (χ3v) is 5.71. The van der Waals surface area contributed by atoms with E-state index >= 15 is 0 Å². The van der Waals surface area contributed by atoms with Gasteiger partial charge in [-0.15, -0.1) is 11.3 Å². The standard InChI is InChI=1S/C22H20N2OS/c1-13-5-8-17(9-6-13)20-19(12-25)24-21(16(4)26-22(24)23-20)18-10-7-14(2)11-15(18)3/h5-12H,1-4H3. The first kappa shape index (κ1) is 16.7. The molecule has 2 aromatic carbocycles. The van der Waals surface area contributed by atoms with Crippen LogP contribution in [-0.4, -0.2) is 15.7 Å². The second-order valence-corrected chi connectivity index (χ2v) is 7.95. The minimum atomic E-state index is 0.614. The second-order valence-electron chi connectivity index (χ2n) is 6.77. The number of carbonyl (C=O) groups is 1. The Kier molecular flexibility index (Phi) is 4.00. The van der Waals surface area contributed by atoms with Crippen molar-refractivity contribution in [2.45, 2.75) is 27.7 Å². The highest BCUT2D eigenvalue weighted by Gasteiger charge is 2.21. The van der Waals surface area contributed by atoms with E-state index in [9.17, 15) is 4.79 Å². The van der Waals surface area contributed by atoms with Gasteiger partial charge in [-0.1, -0.05) is 53.6 Å². The molecule has 4 rings (SSSR count). The smallest absolute Gasteiger partial charge is 0.195 e. The molecule has 0 spiro atoms. The van der Waals surface area contributed by atoms with Crippen LogP contribution in [0.2, 0.25) is 0 Å². The number of thiazole rings is 1. The van der Waals surface area contributed by atoms with Crippen molar-refractivity contribution in [3.63, 3.8) is 0 Å². The summed E-state index contributed by atoms with van der Waals surface area (Å²) in [6.45, 7) is 8.35. The van der Waals surface area contributed by atoms with Crippen LogP contribution < -0.4 is 0 Å². The van der Waals surface area contributed by atoms with Gasteiger partial charge in [0.2, 0.25) is 0 Å². The number of aromatic nitrogens is 2. The Balaban J connectivity index is 2.02. The van der Waals surface area contributed by atoms with Crippen LogP contribution in [-0.2, 0) is 0 Å². The fraction of sp³-hybridized carbons (Fsp3) is 0.182. The molecule has 0 atom stereocenters. The van der Waals surface area contributed by atoms with E-state index in [1.165, 1.54) is 16.7 Å². The van der Waals surface area contributed by atoms with Gasteiger partial charge in [-0.25, -0.2) is 4.98 Å². The largest absolute Gasteiger partial charge is 0.296 e. The summed E-state index contributed by atoms with van der Waals surface area (Å²) in [4.78, 5) is 18.8. The second kappa shape index (κ2) is 6.22. The molecular weight excluding hydrogens is 340 g/mol. The van der Waals surface area contributed by atoms with Gasteiger partial charge in [0.05, 0.1) is 5.69 Å². The lowest BCUT2D eigenvalue weighted by molar-refractivity contribution is 0.111. The summed E-state index contributed by atoms with van der Waals surface area (Å²) in [5.41, 5.74) is 8.17. The lowest BCUT2D eigenvalue weighted by atomic mass is 10.0. The first-order valence-electron chi connectivity index (χ1n) is 8.61. The molecule has 4 heteroatoms. The van der Waals surface area contributed by atoms with Gasteiger partial charge in [0.15, 0.2) is 11.2 Å². The molecule has 0 aliphatic heterocycles. The van der Waals surface area contributed by atoms with Crippen LogP contribution in [0.5, 0.6) is 0 Å². The van der Waals surface area contributed by atoms with E-state index in [4.69, 9.17) is 4.98 Å². The molecule has 0 fully saturated rings. The Labute approximate surface area is 157 Å². The maximum atomic E-state index is 12.0. The number of benzene rings is 2. The minimum Gasteiger partial charge on any atom is -0.296 e. The summed E-state index contributed by atoms with van der Waals surface area (Å²) in [5.74, 6) is 0. The molecular formula is C22H20N2OS.